The maximum atomic E-state index is 11.4. The molecule has 15 heavy (non-hydrogen) atoms. The second-order valence-electron chi connectivity index (χ2n) is 5.73. The van der Waals surface area contributed by atoms with Gasteiger partial charge in [0, 0.05) is 5.92 Å². The van der Waals surface area contributed by atoms with Crippen LogP contribution in [0.4, 0.5) is 0 Å². The lowest BCUT2D eigenvalue weighted by molar-refractivity contribution is -0.123. The Morgan fingerprint density at radius 1 is 1.07 bits per heavy atom. The highest BCUT2D eigenvalue weighted by Crippen LogP contribution is 2.45. The van der Waals surface area contributed by atoms with Crippen molar-refractivity contribution in [2.24, 2.45) is 23.7 Å². The Labute approximate surface area is 93.6 Å². The molecular formula is C14H24O. The molecule has 0 N–H and O–H groups in total. The van der Waals surface area contributed by atoms with E-state index in [9.17, 15) is 4.79 Å². The van der Waals surface area contributed by atoms with Gasteiger partial charge in [-0.15, -0.1) is 0 Å². The average Bonchev–Trinajstić information content (AvgIpc) is 2.27. The minimum absolute atomic E-state index is 0.407. The Bertz CT molecular complexity index is 233. The Balaban J connectivity index is 1.91. The van der Waals surface area contributed by atoms with Crippen molar-refractivity contribution in [1.82, 2.24) is 0 Å². The van der Waals surface area contributed by atoms with E-state index >= 15 is 0 Å². The van der Waals surface area contributed by atoms with Crippen LogP contribution in [-0.2, 0) is 4.79 Å². The van der Waals surface area contributed by atoms with Gasteiger partial charge < -0.3 is 0 Å². The normalized spacial score (nSPS) is 40.9. The van der Waals surface area contributed by atoms with E-state index in [1.807, 2.05) is 0 Å². The highest BCUT2D eigenvalue weighted by Gasteiger charge is 2.36. The van der Waals surface area contributed by atoms with Crippen LogP contribution in [0.25, 0.3) is 0 Å². The van der Waals surface area contributed by atoms with E-state index in [0.717, 1.165) is 17.8 Å². The lowest BCUT2D eigenvalue weighted by Gasteiger charge is -2.41. The van der Waals surface area contributed by atoms with E-state index in [4.69, 9.17) is 0 Å². The van der Waals surface area contributed by atoms with E-state index in [1.165, 1.54) is 44.9 Å². The Morgan fingerprint density at radius 2 is 1.73 bits per heavy atom. The monoisotopic (exact) mass is 208 g/mol. The molecule has 0 bridgehead atoms. The van der Waals surface area contributed by atoms with Crippen LogP contribution in [0.5, 0.6) is 0 Å². The van der Waals surface area contributed by atoms with Crippen molar-refractivity contribution < 1.29 is 4.79 Å². The van der Waals surface area contributed by atoms with Gasteiger partial charge in [0.1, 0.15) is 5.78 Å². The third-order valence-corrected chi connectivity index (χ3v) is 4.87. The fourth-order valence-electron chi connectivity index (χ4n) is 3.73. The number of fused-ring (bicyclic) bond motifs is 1. The molecule has 0 aromatic carbocycles. The van der Waals surface area contributed by atoms with Crippen LogP contribution in [0, 0.1) is 23.7 Å². The second kappa shape index (κ2) is 4.67. The summed E-state index contributed by atoms with van der Waals surface area (Å²) in [6.45, 7) is 4.11. The van der Waals surface area contributed by atoms with Gasteiger partial charge in [0.2, 0.25) is 0 Å². The average molecular weight is 208 g/mol. The fraction of sp³-hybridized carbons (Fsp3) is 0.929. The zero-order chi connectivity index (χ0) is 10.8. The van der Waals surface area contributed by atoms with Gasteiger partial charge in [-0.25, -0.2) is 0 Å². The van der Waals surface area contributed by atoms with Gasteiger partial charge >= 0.3 is 0 Å². The zero-order valence-electron chi connectivity index (χ0n) is 10.2. The van der Waals surface area contributed by atoms with Crippen LogP contribution in [0.15, 0.2) is 0 Å². The summed E-state index contributed by atoms with van der Waals surface area (Å²) in [6, 6.07) is 0. The maximum absolute atomic E-state index is 11.4. The number of carbonyl (C=O) groups is 1. The first kappa shape index (κ1) is 11.2. The standard InChI is InChI=1S/C14H24O/c1-3-11-4-5-14-9-12(10(2)15)6-7-13(14)8-11/h11-14H,3-9H2,1-2H3. The molecule has 0 spiro atoms. The molecule has 1 heteroatoms. The minimum Gasteiger partial charge on any atom is -0.300 e. The number of Topliss-reactive ketones (excluding diaryl/α,β-unsaturated/α-hetero) is 1. The molecule has 0 radical (unpaired) electrons. The molecule has 0 saturated heterocycles. The first-order valence-electron chi connectivity index (χ1n) is 6.71. The summed E-state index contributed by atoms with van der Waals surface area (Å²) in [7, 11) is 0. The van der Waals surface area contributed by atoms with Crippen molar-refractivity contribution >= 4 is 5.78 Å². The summed E-state index contributed by atoms with van der Waals surface area (Å²) < 4.78 is 0. The van der Waals surface area contributed by atoms with Gasteiger partial charge in [0.05, 0.1) is 0 Å². The van der Waals surface area contributed by atoms with E-state index in [0.29, 0.717) is 11.7 Å². The molecule has 2 rings (SSSR count). The van der Waals surface area contributed by atoms with Crippen LogP contribution in [0.1, 0.15) is 58.8 Å². The molecule has 4 unspecified atom stereocenters. The largest absolute Gasteiger partial charge is 0.300 e. The molecule has 0 aromatic heterocycles. The molecule has 86 valence electrons. The molecule has 0 amide bonds. The SMILES string of the molecule is CCC1CCC2CC(C(C)=O)CCC2C1. The van der Waals surface area contributed by atoms with Gasteiger partial charge in [0.15, 0.2) is 0 Å². The summed E-state index contributed by atoms with van der Waals surface area (Å²) in [5, 5.41) is 0. The van der Waals surface area contributed by atoms with E-state index in [-0.39, 0.29) is 0 Å². The number of hydrogen-bond donors (Lipinski definition) is 0. The zero-order valence-corrected chi connectivity index (χ0v) is 10.2. The number of hydrogen-bond acceptors (Lipinski definition) is 1. The molecule has 4 atom stereocenters. The summed E-state index contributed by atoms with van der Waals surface area (Å²) >= 11 is 0. The second-order valence-corrected chi connectivity index (χ2v) is 5.73. The van der Waals surface area contributed by atoms with Crippen LogP contribution in [-0.4, -0.2) is 5.78 Å². The Kier molecular flexibility index (Phi) is 3.48. The van der Waals surface area contributed by atoms with Crippen molar-refractivity contribution in [3.63, 3.8) is 0 Å². The first-order valence-corrected chi connectivity index (χ1v) is 6.71. The quantitative estimate of drug-likeness (QED) is 0.674. The lowest BCUT2D eigenvalue weighted by atomic mass is 9.64. The maximum Gasteiger partial charge on any atom is 0.132 e. The molecule has 0 heterocycles. The predicted octanol–water partition coefficient (Wildman–Crippen LogP) is 3.82. The molecule has 2 fully saturated rings. The Hall–Kier alpha value is -0.330. The molecule has 0 aromatic rings. The van der Waals surface area contributed by atoms with Crippen LogP contribution >= 0.6 is 0 Å². The highest BCUT2D eigenvalue weighted by atomic mass is 16.1. The number of rotatable bonds is 2. The third kappa shape index (κ3) is 2.43. The first-order chi connectivity index (χ1) is 7.20. The highest BCUT2D eigenvalue weighted by molar-refractivity contribution is 5.78. The smallest absolute Gasteiger partial charge is 0.132 e. The molecule has 2 saturated carbocycles. The molecule has 1 nitrogen and oxygen atoms in total. The Morgan fingerprint density at radius 3 is 2.40 bits per heavy atom. The number of carbonyl (C=O) groups excluding carboxylic acids is 1. The molecule has 2 aliphatic carbocycles. The summed E-state index contributed by atoms with van der Waals surface area (Å²) in [5.74, 6) is 3.67. The minimum atomic E-state index is 0.407. The topological polar surface area (TPSA) is 17.1 Å². The van der Waals surface area contributed by atoms with Gasteiger partial charge in [-0.3, -0.25) is 4.79 Å². The van der Waals surface area contributed by atoms with Crippen molar-refractivity contribution in [3.8, 4) is 0 Å². The van der Waals surface area contributed by atoms with Crippen molar-refractivity contribution in [2.75, 3.05) is 0 Å². The van der Waals surface area contributed by atoms with Gasteiger partial charge in [-0.2, -0.15) is 0 Å². The fourth-order valence-corrected chi connectivity index (χ4v) is 3.73. The van der Waals surface area contributed by atoms with E-state index in [2.05, 4.69) is 6.92 Å². The molecule has 0 aliphatic heterocycles. The van der Waals surface area contributed by atoms with Crippen LogP contribution in [0.2, 0.25) is 0 Å². The summed E-state index contributed by atoms with van der Waals surface area (Å²) in [6.07, 6.45) is 9.33. The van der Waals surface area contributed by atoms with Gasteiger partial charge in [-0.1, -0.05) is 19.8 Å². The van der Waals surface area contributed by atoms with Crippen LogP contribution in [0.3, 0.4) is 0 Å². The summed E-state index contributed by atoms with van der Waals surface area (Å²) in [5.41, 5.74) is 0. The number of ketones is 1. The van der Waals surface area contributed by atoms with Gasteiger partial charge in [0.25, 0.3) is 0 Å². The third-order valence-electron chi connectivity index (χ3n) is 4.87. The molecule has 2 aliphatic rings. The molecular weight excluding hydrogens is 184 g/mol. The summed E-state index contributed by atoms with van der Waals surface area (Å²) in [4.78, 5) is 11.4. The van der Waals surface area contributed by atoms with Crippen molar-refractivity contribution in [1.29, 1.82) is 0 Å². The van der Waals surface area contributed by atoms with Crippen molar-refractivity contribution in [3.05, 3.63) is 0 Å². The predicted molar refractivity (Wildman–Crippen MR) is 62.6 cm³/mol. The van der Waals surface area contributed by atoms with E-state index in [1.54, 1.807) is 6.92 Å². The van der Waals surface area contributed by atoms with Gasteiger partial charge in [-0.05, 0) is 56.8 Å². The van der Waals surface area contributed by atoms with E-state index < -0.39 is 0 Å². The van der Waals surface area contributed by atoms with Crippen LogP contribution < -0.4 is 0 Å². The van der Waals surface area contributed by atoms with Crippen molar-refractivity contribution in [2.45, 2.75) is 58.8 Å². The lowest BCUT2D eigenvalue weighted by Crippen LogP contribution is -2.32.